The second-order valence-corrected chi connectivity index (χ2v) is 9.70. The van der Waals surface area contributed by atoms with Gasteiger partial charge in [-0.25, -0.2) is 14.6 Å². The average molecular weight is 603 g/mol. The van der Waals surface area contributed by atoms with E-state index in [1.54, 1.807) is 38.1 Å². The Labute approximate surface area is 247 Å². The van der Waals surface area contributed by atoms with E-state index < -0.39 is 73.5 Å². The van der Waals surface area contributed by atoms with Crippen LogP contribution in [0.15, 0.2) is 42.6 Å². The number of methoxy groups -OCH3 is 2. The number of amides is 1. The molecular formula is C29H34N2O12. The Hall–Kier alpha value is -4.88. The summed E-state index contributed by atoms with van der Waals surface area (Å²) >= 11 is 0. The first kappa shape index (κ1) is 32.6. The molecule has 43 heavy (non-hydrogen) atoms. The first-order valence-corrected chi connectivity index (χ1v) is 13.3. The molecule has 0 bridgehead atoms. The number of carbonyl (C=O) groups is 5. The number of hydrogen-bond acceptors (Lipinski definition) is 13. The number of ether oxygens (including phenoxy) is 7. The van der Waals surface area contributed by atoms with Crippen molar-refractivity contribution in [3.63, 3.8) is 0 Å². The van der Waals surface area contributed by atoms with E-state index >= 15 is 0 Å². The molecule has 1 saturated heterocycles. The number of esters is 3. The first-order chi connectivity index (χ1) is 20.5. The summed E-state index contributed by atoms with van der Waals surface area (Å²) in [6.07, 6.45) is -1.89. The fourth-order valence-electron chi connectivity index (χ4n) is 4.07. The van der Waals surface area contributed by atoms with Crippen LogP contribution in [0.5, 0.6) is 11.5 Å². The highest BCUT2D eigenvalue weighted by molar-refractivity contribution is 5.98. The topological polar surface area (TPSA) is 175 Å². The van der Waals surface area contributed by atoms with E-state index in [4.69, 9.17) is 28.4 Å². The zero-order valence-electron chi connectivity index (χ0n) is 24.4. The van der Waals surface area contributed by atoms with E-state index in [0.717, 1.165) is 12.7 Å². The third-order valence-electron chi connectivity index (χ3n) is 6.32. The van der Waals surface area contributed by atoms with E-state index in [0.29, 0.717) is 0 Å². The minimum absolute atomic E-state index is 0.0734. The summed E-state index contributed by atoms with van der Waals surface area (Å²) in [5.74, 6) is -4.85. The van der Waals surface area contributed by atoms with Gasteiger partial charge in [0.1, 0.15) is 18.6 Å². The quantitative estimate of drug-likeness (QED) is 0.238. The lowest BCUT2D eigenvalue weighted by molar-refractivity contribution is -0.176. The van der Waals surface area contributed by atoms with Gasteiger partial charge in [0.2, 0.25) is 6.79 Å². The van der Waals surface area contributed by atoms with Crippen molar-refractivity contribution in [2.45, 2.75) is 45.4 Å². The molecule has 1 aliphatic heterocycles. The van der Waals surface area contributed by atoms with Crippen molar-refractivity contribution < 1.29 is 57.1 Å². The zero-order valence-corrected chi connectivity index (χ0v) is 24.4. The number of cyclic esters (lactones) is 2. The summed E-state index contributed by atoms with van der Waals surface area (Å²) in [5, 5.41) is 2.43. The Kier molecular flexibility index (Phi) is 11.7. The SMILES string of the molecule is COC(=O)OCOc1c(OC)ccnc1C(=O)N[C@H]1COC(=O)[C@H](Cc2ccccc2)[C@@H](OC(=O)C(C)C)[C@H](C)OC1=O. The smallest absolute Gasteiger partial charge is 0.493 e. The summed E-state index contributed by atoms with van der Waals surface area (Å²) in [6, 6.07) is 8.95. The van der Waals surface area contributed by atoms with Crippen LogP contribution in [0.2, 0.25) is 0 Å². The maximum absolute atomic E-state index is 13.4. The Morgan fingerprint density at radius 2 is 1.79 bits per heavy atom. The molecule has 2 aromatic rings. The maximum atomic E-state index is 13.4. The predicted molar refractivity (Wildman–Crippen MR) is 146 cm³/mol. The molecule has 2 heterocycles. The van der Waals surface area contributed by atoms with Gasteiger partial charge in [-0.1, -0.05) is 44.2 Å². The summed E-state index contributed by atoms with van der Waals surface area (Å²) < 4.78 is 36.4. The number of hydrogen-bond donors (Lipinski definition) is 1. The molecule has 0 radical (unpaired) electrons. The van der Waals surface area contributed by atoms with Crippen LogP contribution in [0.1, 0.15) is 36.8 Å². The molecule has 1 N–H and O–H groups in total. The number of carbonyl (C=O) groups excluding carboxylic acids is 5. The van der Waals surface area contributed by atoms with Gasteiger partial charge in [-0.2, -0.15) is 0 Å². The molecule has 4 atom stereocenters. The van der Waals surface area contributed by atoms with Crippen molar-refractivity contribution in [2.75, 3.05) is 27.6 Å². The summed E-state index contributed by atoms with van der Waals surface area (Å²) in [4.78, 5) is 67.7. The number of benzene rings is 1. The number of nitrogens with zero attached hydrogens (tertiary/aromatic N) is 1. The van der Waals surface area contributed by atoms with Crippen molar-refractivity contribution in [2.24, 2.45) is 11.8 Å². The van der Waals surface area contributed by atoms with E-state index in [9.17, 15) is 24.0 Å². The fourth-order valence-corrected chi connectivity index (χ4v) is 4.07. The van der Waals surface area contributed by atoms with Crippen LogP contribution < -0.4 is 14.8 Å². The predicted octanol–water partition coefficient (Wildman–Crippen LogP) is 2.22. The molecule has 3 rings (SSSR count). The Bertz CT molecular complexity index is 1300. The van der Waals surface area contributed by atoms with Crippen LogP contribution in [0.25, 0.3) is 0 Å². The van der Waals surface area contributed by atoms with Crippen molar-refractivity contribution >= 4 is 30.0 Å². The Morgan fingerprint density at radius 1 is 1.07 bits per heavy atom. The zero-order chi connectivity index (χ0) is 31.5. The van der Waals surface area contributed by atoms with Gasteiger partial charge in [0.25, 0.3) is 5.91 Å². The standard InChI is InChI=1S/C29H34N2O12/c1-16(2)26(33)43-23-17(3)42-28(35)20(14-39-27(34)19(23)13-18-9-7-6-8-10-18)31-25(32)22-24(21(37-4)11-12-30-22)40-15-41-29(36)38-5/h6-12,16-17,19-20,23H,13-15H2,1-5H3,(H,31,32)/t17-,19+,20-,23-/m0/s1. The molecule has 14 heteroatoms. The minimum atomic E-state index is -1.47. The number of aromatic nitrogens is 1. The van der Waals surface area contributed by atoms with Crippen molar-refractivity contribution in [3.8, 4) is 11.5 Å². The Balaban J connectivity index is 1.86. The summed E-state index contributed by atoms with van der Waals surface area (Å²) in [6.45, 7) is 3.53. The molecule has 1 amide bonds. The highest BCUT2D eigenvalue weighted by Gasteiger charge is 2.42. The van der Waals surface area contributed by atoms with Crippen molar-refractivity contribution in [1.29, 1.82) is 0 Å². The first-order valence-electron chi connectivity index (χ1n) is 13.3. The normalized spacial score (nSPS) is 20.3. The lowest BCUT2D eigenvalue weighted by Gasteiger charge is -2.29. The molecule has 1 aliphatic rings. The number of pyridine rings is 1. The highest BCUT2D eigenvalue weighted by atomic mass is 16.8. The van der Waals surface area contributed by atoms with Gasteiger partial charge in [-0.3, -0.25) is 14.4 Å². The van der Waals surface area contributed by atoms with Crippen LogP contribution in [0, 0.1) is 11.8 Å². The molecule has 1 aromatic carbocycles. The van der Waals surface area contributed by atoms with Gasteiger partial charge in [0.15, 0.2) is 29.3 Å². The third kappa shape index (κ3) is 8.80. The largest absolute Gasteiger partial charge is 0.510 e. The average Bonchev–Trinajstić information content (AvgIpc) is 3.03. The molecule has 14 nitrogen and oxygen atoms in total. The maximum Gasteiger partial charge on any atom is 0.510 e. The van der Waals surface area contributed by atoms with Crippen LogP contribution in [0.4, 0.5) is 4.79 Å². The van der Waals surface area contributed by atoms with Gasteiger partial charge in [0.05, 0.1) is 20.1 Å². The van der Waals surface area contributed by atoms with E-state index in [1.165, 1.54) is 26.3 Å². The number of rotatable bonds is 10. The van der Waals surface area contributed by atoms with Gasteiger partial charge in [-0.05, 0) is 18.9 Å². The molecule has 0 aliphatic carbocycles. The fraction of sp³-hybridized carbons (Fsp3) is 0.448. The van der Waals surface area contributed by atoms with Gasteiger partial charge >= 0.3 is 24.1 Å². The molecule has 1 aromatic heterocycles. The monoisotopic (exact) mass is 602 g/mol. The van der Waals surface area contributed by atoms with Crippen LogP contribution in [0.3, 0.4) is 0 Å². The van der Waals surface area contributed by atoms with Crippen molar-refractivity contribution in [1.82, 2.24) is 10.3 Å². The highest BCUT2D eigenvalue weighted by Crippen LogP contribution is 2.30. The molecule has 1 fully saturated rings. The van der Waals surface area contributed by atoms with Crippen LogP contribution in [-0.4, -0.2) is 80.8 Å². The van der Waals surface area contributed by atoms with E-state index in [-0.39, 0.29) is 23.6 Å². The molecule has 0 saturated carbocycles. The second kappa shape index (κ2) is 15.4. The van der Waals surface area contributed by atoms with Gasteiger partial charge < -0.3 is 38.5 Å². The molecule has 0 spiro atoms. The van der Waals surface area contributed by atoms with E-state index in [1.807, 2.05) is 6.07 Å². The van der Waals surface area contributed by atoms with Gasteiger partial charge in [0, 0.05) is 12.3 Å². The summed E-state index contributed by atoms with van der Waals surface area (Å²) in [5.41, 5.74) is 0.441. The molecular weight excluding hydrogens is 568 g/mol. The summed E-state index contributed by atoms with van der Waals surface area (Å²) in [7, 11) is 2.42. The second-order valence-electron chi connectivity index (χ2n) is 9.70. The van der Waals surface area contributed by atoms with Gasteiger partial charge in [-0.15, -0.1) is 0 Å². The number of nitrogens with one attached hydrogen (secondary N) is 1. The van der Waals surface area contributed by atoms with Crippen LogP contribution >= 0.6 is 0 Å². The lowest BCUT2D eigenvalue weighted by atomic mass is 9.91. The molecule has 232 valence electrons. The van der Waals surface area contributed by atoms with Crippen molar-refractivity contribution in [3.05, 3.63) is 53.9 Å². The minimum Gasteiger partial charge on any atom is -0.493 e. The lowest BCUT2D eigenvalue weighted by Crippen LogP contribution is -2.47. The Morgan fingerprint density at radius 3 is 2.44 bits per heavy atom. The van der Waals surface area contributed by atoms with Crippen LogP contribution in [-0.2, 0) is 44.5 Å². The van der Waals surface area contributed by atoms with E-state index in [2.05, 4.69) is 15.0 Å². The molecule has 0 unspecified atom stereocenters. The third-order valence-corrected chi connectivity index (χ3v) is 6.32.